The van der Waals surface area contributed by atoms with E-state index in [1.165, 1.54) is 6.20 Å². The third-order valence-corrected chi connectivity index (χ3v) is 1.13. The molecule has 0 atom stereocenters. The Morgan fingerprint density at radius 3 is 3.10 bits per heavy atom. The Labute approximate surface area is 58.0 Å². The van der Waals surface area contributed by atoms with Gasteiger partial charge < -0.3 is 0 Å². The van der Waals surface area contributed by atoms with Gasteiger partial charge >= 0.3 is 0 Å². The Hall–Kier alpha value is -1.00. The zero-order valence-electron chi connectivity index (χ0n) is 5.34. The number of hydrazine groups is 1. The molecule has 4 heteroatoms. The lowest BCUT2D eigenvalue weighted by Crippen LogP contribution is -2.21. The monoisotopic (exact) mass is 141 g/mol. The van der Waals surface area contributed by atoms with Crippen molar-refractivity contribution in [3.63, 3.8) is 0 Å². The quantitative estimate of drug-likeness (QED) is 0.351. The Balaban J connectivity index is 2.81. The van der Waals surface area contributed by atoms with Crippen LogP contribution in [0.1, 0.15) is 5.56 Å². The average molecular weight is 141 g/mol. The molecule has 0 spiro atoms. The van der Waals surface area contributed by atoms with E-state index in [0.717, 1.165) is 0 Å². The summed E-state index contributed by atoms with van der Waals surface area (Å²) >= 11 is 0. The molecule has 0 fully saturated rings. The molecule has 3 N–H and O–H groups in total. The van der Waals surface area contributed by atoms with Crippen LogP contribution in [0.25, 0.3) is 0 Å². The minimum Gasteiger partial charge on any atom is -0.271 e. The van der Waals surface area contributed by atoms with Crippen molar-refractivity contribution in [3.05, 3.63) is 29.8 Å². The van der Waals surface area contributed by atoms with E-state index in [1.807, 2.05) is 0 Å². The highest BCUT2D eigenvalue weighted by atomic mass is 19.1. The molecular formula is C6H8FN3. The number of nitrogens with one attached hydrogen (secondary N) is 1. The number of pyridine rings is 1. The summed E-state index contributed by atoms with van der Waals surface area (Å²) in [6.07, 6.45) is 1.40. The molecule has 0 unspecified atom stereocenters. The van der Waals surface area contributed by atoms with Crippen molar-refractivity contribution in [3.8, 4) is 0 Å². The molecule has 1 rings (SSSR count). The lowest BCUT2D eigenvalue weighted by Gasteiger charge is -1.98. The Kier molecular flexibility index (Phi) is 2.30. The highest BCUT2D eigenvalue weighted by molar-refractivity contribution is 5.09. The van der Waals surface area contributed by atoms with E-state index in [2.05, 4.69) is 10.4 Å². The van der Waals surface area contributed by atoms with Crippen molar-refractivity contribution >= 4 is 0 Å². The second-order valence-corrected chi connectivity index (χ2v) is 1.83. The topological polar surface area (TPSA) is 50.9 Å². The predicted octanol–water partition coefficient (Wildman–Crippen LogP) is 0.184. The van der Waals surface area contributed by atoms with Crippen molar-refractivity contribution in [1.29, 1.82) is 0 Å². The summed E-state index contributed by atoms with van der Waals surface area (Å²) in [5, 5.41) is 0. The van der Waals surface area contributed by atoms with Gasteiger partial charge in [0.2, 0.25) is 5.95 Å². The number of rotatable bonds is 2. The van der Waals surface area contributed by atoms with E-state index >= 15 is 0 Å². The lowest BCUT2D eigenvalue weighted by molar-refractivity contribution is 0.555. The van der Waals surface area contributed by atoms with Gasteiger partial charge in [-0.3, -0.25) is 11.3 Å². The molecule has 0 saturated heterocycles. The standard InChI is InChI=1S/C6H8FN3/c7-6-5(4-10-8)2-1-3-9-6/h1-3,10H,4,8H2. The Morgan fingerprint density at radius 1 is 1.70 bits per heavy atom. The first kappa shape index (κ1) is 7.11. The fourth-order valence-corrected chi connectivity index (χ4v) is 0.661. The van der Waals surface area contributed by atoms with E-state index in [1.54, 1.807) is 12.1 Å². The molecule has 0 saturated carbocycles. The minimum absolute atomic E-state index is 0.305. The molecule has 1 aromatic heterocycles. The number of nitrogens with zero attached hydrogens (tertiary/aromatic N) is 1. The first-order valence-electron chi connectivity index (χ1n) is 2.87. The van der Waals surface area contributed by atoms with Crippen molar-refractivity contribution in [2.45, 2.75) is 6.54 Å². The van der Waals surface area contributed by atoms with Crippen LogP contribution in [0.4, 0.5) is 4.39 Å². The van der Waals surface area contributed by atoms with Gasteiger partial charge in [0.25, 0.3) is 0 Å². The summed E-state index contributed by atoms with van der Waals surface area (Å²) in [7, 11) is 0. The molecule has 0 radical (unpaired) electrons. The maximum atomic E-state index is 12.6. The maximum absolute atomic E-state index is 12.6. The summed E-state index contributed by atoms with van der Waals surface area (Å²) in [6.45, 7) is 0.305. The van der Waals surface area contributed by atoms with Gasteiger partial charge in [-0.25, -0.2) is 4.98 Å². The molecular weight excluding hydrogens is 133 g/mol. The van der Waals surface area contributed by atoms with E-state index in [9.17, 15) is 4.39 Å². The average Bonchev–Trinajstić information content (AvgIpc) is 1.94. The van der Waals surface area contributed by atoms with Gasteiger partial charge in [0.05, 0.1) is 0 Å². The van der Waals surface area contributed by atoms with Gasteiger partial charge in [0.15, 0.2) is 0 Å². The molecule has 0 aliphatic rings. The first-order chi connectivity index (χ1) is 4.84. The van der Waals surface area contributed by atoms with Gasteiger partial charge in [0.1, 0.15) is 0 Å². The zero-order chi connectivity index (χ0) is 7.40. The SMILES string of the molecule is NNCc1cccnc1F. The summed E-state index contributed by atoms with van der Waals surface area (Å²) in [4.78, 5) is 3.44. The van der Waals surface area contributed by atoms with Crippen LogP contribution >= 0.6 is 0 Å². The molecule has 0 aliphatic carbocycles. The van der Waals surface area contributed by atoms with Crippen molar-refractivity contribution in [2.75, 3.05) is 0 Å². The molecule has 1 heterocycles. The Morgan fingerprint density at radius 2 is 2.50 bits per heavy atom. The highest BCUT2D eigenvalue weighted by Gasteiger charge is 1.98. The van der Waals surface area contributed by atoms with E-state index < -0.39 is 5.95 Å². The molecule has 10 heavy (non-hydrogen) atoms. The first-order valence-corrected chi connectivity index (χ1v) is 2.87. The molecule has 1 aromatic rings. The fraction of sp³-hybridized carbons (Fsp3) is 0.167. The van der Waals surface area contributed by atoms with Crippen LogP contribution in [0.3, 0.4) is 0 Å². The van der Waals surface area contributed by atoms with Crippen LogP contribution in [0.2, 0.25) is 0 Å². The normalized spacial score (nSPS) is 9.80. The Bertz CT molecular complexity index is 214. The van der Waals surface area contributed by atoms with Gasteiger partial charge in [-0.05, 0) is 6.07 Å². The number of nitrogens with two attached hydrogens (primary N) is 1. The smallest absolute Gasteiger partial charge is 0.217 e. The fourth-order valence-electron chi connectivity index (χ4n) is 0.661. The number of hydrogen-bond donors (Lipinski definition) is 2. The predicted molar refractivity (Wildman–Crippen MR) is 35.2 cm³/mol. The summed E-state index contributed by atoms with van der Waals surface area (Å²) < 4.78 is 12.6. The van der Waals surface area contributed by atoms with Crippen LogP contribution in [0, 0.1) is 5.95 Å². The second kappa shape index (κ2) is 3.24. The number of aromatic nitrogens is 1. The molecule has 54 valence electrons. The summed E-state index contributed by atoms with van der Waals surface area (Å²) in [6, 6.07) is 3.29. The molecule has 0 aromatic carbocycles. The van der Waals surface area contributed by atoms with Gasteiger partial charge in [0, 0.05) is 18.3 Å². The molecule has 0 bridgehead atoms. The van der Waals surface area contributed by atoms with Crippen LogP contribution in [-0.4, -0.2) is 4.98 Å². The zero-order valence-corrected chi connectivity index (χ0v) is 5.34. The summed E-state index contributed by atoms with van der Waals surface area (Å²) in [5.41, 5.74) is 2.82. The van der Waals surface area contributed by atoms with Crippen LogP contribution in [0.15, 0.2) is 18.3 Å². The van der Waals surface area contributed by atoms with Gasteiger partial charge in [-0.1, -0.05) is 6.07 Å². The van der Waals surface area contributed by atoms with Crippen LogP contribution < -0.4 is 11.3 Å². The maximum Gasteiger partial charge on any atom is 0.217 e. The summed E-state index contributed by atoms with van der Waals surface area (Å²) in [5.74, 6) is 4.51. The number of halogens is 1. The third kappa shape index (κ3) is 1.49. The largest absolute Gasteiger partial charge is 0.271 e. The van der Waals surface area contributed by atoms with Gasteiger partial charge in [-0.15, -0.1) is 0 Å². The van der Waals surface area contributed by atoms with Crippen LogP contribution in [-0.2, 0) is 6.54 Å². The van der Waals surface area contributed by atoms with Crippen molar-refractivity contribution in [2.24, 2.45) is 5.84 Å². The number of hydrogen-bond acceptors (Lipinski definition) is 3. The van der Waals surface area contributed by atoms with E-state index in [-0.39, 0.29) is 0 Å². The lowest BCUT2D eigenvalue weighted by atomic mass is 10.3. The van der Waals surface area contributed by atoms with Gasteiger partial charge in [-0.2, -0.15) is 4.39 Å². The minimum atomic E-state index is -0.472. The van der Waals surface area contributed by atoms with Crippen LogP contribution in [0.5, 0.6) is 0 Å². The molecule has 3 nitrogen and oxygen atoms in total. The van der Waals surface area contributed by atoms with Crippen molar-refractivity contribution < 1.29 is 4.39 Å². The second-order valence-electron chi connectivity index (χ2n) is 1.83. The molecule has 0 amide bonds. The van der Waals surface area contributed by atoms with E-state index in [4.69, 9.17) is 5.84 Å². The highest BCUT2D eigenvalue weighted by Crippen LogP contribution is 2.00. The molecule has 0 aliphatic heterocycles. The van der Waals surface area contributed by atoms with E-state index in [0.29, 0.717) is 12.1 Å². The third-order valence-electron chi connectivity index (χ3n) is 1.13. The van der Waals surface area contributed by atoms with Crippen molar-refractivity contribution in [1.82, 2.24) is 10.4 Å².